The van der Waals surface area contributed by atoms with Gasteiger partial charge in [0.2, 0.25) is 0 Å². The number of nitrogens with zero attached hydrogens (tertiary/aromatic N) is 3. The quantitative estimate of drug-likeness (QED) is 0.490. The van der Waals surface area contributed by atoms with Crippen LogP contribution in [-0.2, 0) is 6.42 Å². The molecule has 0 atom stereocenters. The summed E-state index contributed by atoms with van der Waals surface area (Å²) >= 11 is 0. The van der Waals surface area contributed by atoms with E-state index in [-0.39, 0.29) is 0 Å². The molecule has 0 fully saturated rings. The van der Waals surface area contributed by atoms with Crippen LogP contribution in [0.4, 0.5) is 0 Å². The summed E-state index contributed by atoms with van der Waals surface area (Å²) in [5.74, 6) is 0. The van der Waals surface area contributed by atoms with Crippen LogP contribution < -0.4 is 0 Å². The van der Waals surface area contributed by atoms with Gasteiger partial charge in [-0.2, -0.15) is 5.10 Å². The van der Waals surface area contributed by atoms with E-state index in [1.165, 1.54) is 5.56 Å². The summed E-state index contributed by atoms with van der Waals surface area (Å²) in [5, 5.41) is 8.62. The molecule has 0 aromatic carbocycles. The van der Waals surface area contributed by atoms with Crippen LogP contribution in [0.25, 0.3) is 39.6 Å². The summed E-state index contributed by atoms with van der Waals surface area (Å²) in [7, 11) is 0. The van der Waals surface area contributed by atoms with Crippen molar-refractivity contribution in [2.75, 3.05) is 0 Å². The zero-order valence-electron chi connectivity index (χ0n) is 15.5. The third-order valence-electron chi connectivity index (χ3n) is 4.67. The fourth-order valence-corrected chi connectivity index (χ4v) is 3.15. The summed E-state index contributed by atoms with van der Waals surface area (Å²) in [4.78, 5) is 12.3. The summed E-state index contributed by atoms with van der Waals surface area (Å²) in [6.07, 6.45) is 12.3. The van der Waals surface area contributed by atoms with Crippen molar-refractivity contribution in [3.05, 3.63) is 72.3 Å². The maximum Gasteiger partial charge on any atom is 0.116 e. The van der Waals surface area contributed by atoms with Gasteiger partial charge < -0.3 is 4.98 Å². The maximum atomic E-state index is 4.58. The first-order chi connectivity index (χ1) is 13.2. The van der Waals surface area contributed by atoms with Gasteiger partial charge in [-0.3, -0.25) is 15.1 Å². The van der Waals surface area contributed by atoms with Crippen LogP contribution in [-0.4, -0.2) is 25.1 Å². The molecular formula is C22H21N5. The van der Waals surface area contributed by atoms with E-state index >= 15 is 0 Å². The van der Waals surface area contributed by atoms with E-state index in [9.17, 15) is 0 Å². The second-order valence-electron chi connectivity index (χ2n) is 6.48. The van der Waals surface area contributed by atoms with Crippen LogP contribution in [0.1, 0.15) is 23.7 Å². The Balaban J connectivity index is 1.81. The summed E-state index contributed by atoms with van der Waals surface area (Å²) in [5.41, 5.74) is 8.08. The van der Waals surface area contributed by atoms with Crippen molar-refractivity contribution >= 4 is 17.0 Å². The van der Waals surface area contributed by atoms with Gasteiger partial charge in [-0.1, -0.05) is 31.7 Å². The van der Waals surface area contributed by atoms with Gasteiger partial charge in [0.1, 0.15) is 5.69 Å². The molecule has 0 aliphatic rings. The Morgan fingerprint density at radius 2 is 2.04 bits per heavy atom. The number of hydrogen-bond acceptors (Lipinski definition) is 3. The third-order valence-corrected chi connectivity index (χ3v) is 4.67. The molecule has 27 heavy (non-hydrogen) atoms. The molecule has 0 radical (unpaired) electrons. The largest absolute Gasteiger partial charge is 0.357 e. The standard InChI is InChI=1S/C22H21N5/c1-4-6-7-16-9-20(25-14(16)3)22-18-10-19(24-13-21(18)26-27-22)17-8-15(5-2)11-23-12-17/h4,6-13,25H,1,5H2,2-3H3,(H,26,27)/b7-6-. The molecule has 0 bridgehead atoms. The minimum Gasteiger partial charge on any atom is -0.357 e. The molecule has 0 saturated carbocycles. The number of nitrogens with one attached hydrogen (secondary N) is 2. The Morgan fingerprint density at radius 1 is 1.15 bits per heavy atom. The molecular weight excluding hydrogens is 334 g/mol. The van der Waals surface area contributed by atoms with Gasteiger partial charge in [0.25, 0.3) is 0 Å². The Morgan fingerprint density at radius 3 is 2.85 bits per heavy atom. The van der Waals surface area contributed by atoms with Crippen molar-refractivity contribution in [1.29, 1.82) is 0 Å². The van der Waals surface area contributed by atoms with Crippen molar-refractivity contribution in [2.45, 2.75) is 20.3 Å². The van der Waals surface area contributed by atoms with Crippen molar-refractivity contribution in [1.82, 2.24) is 25.1 Å². The zero-order valence-corrected chi connectivity index (χ0v) is 15.5. The monoisotopic (exact) mass is 355 g/mol. The number of H-pyrrole nitrogens is 2. The van der Waals surface area contributed by atoms with Gasteiger partial charge in [0.15, 0.2) is 0 Å². The fourth-order valence-electron chi connectivity index (χ4n) is 3.15. The van der Waals surface area contributed by atoms with Crippen LogP contribution in [0.3, 0.4) is 0 Å². The van der Waals surface area contributed by atoms with E-state index in [4.69, 9.17) is 0 Å². The van der Waals surface area contributed by atoms with Crippen LogP contribution in [0.15, 0.2) is 55.5 Å². The SMILES string of the molecule is C=C/C=C\c1cc(-c2n[nH]c3cnc(-c4cncc(CC)c4)cc23)[nH]c1C. The van der Waals surface area contributed by atoms with Gasteiger partial charge in [-0.15, -0.1) is 0 Å². The molecule has 0 aliphatic heterocycles. The summed E-state index contributed by atoms with van der Waals surface area (Å²) in [6, 6.07) is 6.31. The van der Waals surface area contributed by atoms with Crippen molar-refractivity contribution in [2.24, 2.45) is 0 Å². The van der Waals surface area contributed by atoms with Gasteiger partial charge >= 0.3 is 0 Å². The van der Waals surface area contributed by atoms with Crippen LogP contribution >= 0.6 is 0 Å². The number of allylic oxidation sites excluding steroid dienone is 2. The van der Waals surface area contributed by atoms with Gasteiger partial charge in [-0.05, 0) is 42.7 Å². The highest BCUT2D eigenvalue weighted by molar-refractivity contribution is 5.94. The molecule has 5 heteroatoms. The second kappa shape index (κ2) is 7.03. The van der Waals surface area contributed by atoms with Gasteiger partial charge in [0.05, 0.1) is 23.1 Å². The predicted molar refractivity (Wildman–Crippen MR) is 110 cm³/mol. The van der Waals surface area contributed by atoms with E-state index in [0.717, 1.165) is 51.2 Å². The van der Waals surface area contributed by atoms with Gasteiger partial charge in [0, 0.05) is 29.0 Å². The molecule has 0 spiro atoms. The zero-order chi connectivity index (χ0) is 18.8. The number of aromatic amines is 2. The Hall–Kier alpha value is -3.47. The number of pyridine rings is 2. The molecule has 0 amide bonds. The molecule has 4 heterocycles. The van der Waals surface area contributed by atoms with Gasteiger partial charge in [-0.25, -0.2) is 0 Å². The highest BCUT2D eigenvalue weighted by Crippen LogP contribution is 2.30. The smallest absolute Gasteiger partial charge is 0.116 e. The normalized spacial score (nSPS) is 11.5. The molecule has 0 unspecified atom stereocenters. The molecule has 2 N–H and O–H groups in total. The van der Waals surface area contributed by atoms with Crippen LogP contribution in [0.2, 0.25) is 0 Å². The first-order valence-electron chi connectivity index (χ1n) is 8.97. The lowest BCUT2D eigenvalue weighted by atomic mass is 10.1. The van der Waals surface area contributed by atoms with E-state index in [1.807, 2.05) is 30.7 Å². The summed E-state index contributed by atoms with van der Waals surface area (Å²) in [6.45, 7) is 7.90. The highest BCUT2D eigenvalue weighted by Gasteiger charge is 2.13. The Labute approximate surface area is 157 Å². The van der Waals surface area contributed by atoms with E-state index in [2.05, 4.69) is 63.8 Å². The summed E-state index contributed by atoms with van der Waals surface area (Å²) < 4.78 is 0. The maximum absolute atomic E-state index is 4.58. The Kier molecular flexibility index (Phi) is 4.42. The third kappa shape index (κ3) is 3.19. The first kappa shape index (κ1) is 17.0. The topological polar surface area (TPSA) is 70.2 Å². The average molecular weight is 355 g/mol. The predicted octanol–water partition coefficient (Wildman–Crippen LogP) is 5.09. The van der Waals surface area contributed by atoms with E-state index < -0.39 is 0 Å². The average Bonchev–Trinajstić information content (AvgIpc) is 3.29. The lowest BCUT2D eigenvalue weighted by Gasteiger charge is -2.03. The molecule has 4 aromatic rings. The second-order valence-corrected chi connectivity index (χ2v) is 6.48. The molecule has 5 nitrogen and oxygen atoms in total. The van der Waals surface area contributed by atoms with Crippen LogP contribution in [0.5, 0.6) is 0 Å². The number of fused-ring (bicyclic) bond motifs is 1. The lowest BCUT2D eigenvalue weighted by Crippen LogP contribution is -1.88. The number of aryl methyl sites for hydroxylation is 2. The molecule has 0 saturated heterocycles. The molecule has 134 valence electrons. The number of aromatic nitrogens is 5. The van der Waals surface area contributed by atoms with E-state index in [1.54, 1.807) is 6.08 Å². The fraction of sp³-hybridized carbons (Fsp3) is 0.136. The Bertz CT molecular complexity index is 1150. The highest BCUT2D eigenvalue weighted by atomic mass is 15.1. The number of hydrogen-bond donors (Lipinski definition) is 2. The number of rotatable bonds is 5. The minimum absolute atomic E-state index is 0.884. The van der Waals surface area contributed by atoms with Crippen molar-refractivity contribution < 1.29 is 0 Å². The first-order valence-corrected chi connectivity index (χ1v) is 8.97. The molecule has 4 aromatic heterocycles. The van der Waals surface area contributed by atoms with Crippen molar-refractivity contribution in [3.8, 4) is 22.6 Å². The van der Waals surface area contributed by atoms with E-state index in [0.29, 0.717) is 0 Å². The molecule has 0 aliphatic carbocycles. The minimum atomic E-state index is 0.884. The van der Waals surface area contributed by atoms with Crippen molar-refractivity contribution in [3.63, 3.8) is 0 Å². The van der Waals surface area contributed by atoms with Crippen LogP contribution in [0, 0.1) is 6.92 Å². The molecule has 4 rings (SSSR count). The lowest BCUT2D eigenvalue weighted by molar-refractivity contribution is 1.10.